The first-order valence-electron chi connectivity index (χ1n) is 9.79. The van der Waals surface area contributed by atoms with Crippen molar-refractivity contribution in [2.45, 2.75) is 26.7 Å². The van der Waals surface area contributed by atoms with Crippen molar-refractivity contribution in [1.82, 2.24) is 10.1 Å². The second kappa shape index (κ2) is 9.43. The van der Waals surface area contributed by atoms with Gasteiger partial charge in [-0.3, -0.25) is 4.79 Å². The van der Waals surface area contributed by atoms with E-state index in [9.17, 15) is 4.79 Å². The third-order valence-electron chi connectivity index (χ3n) is 5.30. The Morgan fingerprint density at radius 2 is 2.14 bits per heavy atom. The Morgan fingerprint density at radius 1 is 1.39 bits per heavy atom. The third kappa shape index (κ3) is 4.67. The van der Waals surface area contributed by atoms with E-state index in [1.807, 2.05) is 17.0 Å². The minimum Gasteiger partial charge on any atom is -0.383 e. The summed E-state index contributed by atoms with van der Waals surface area (Å²) in [4.78, 5) is 15.4. The van der Waals surface area contributed by atoms with E-state index in [0.29, 0.717) is 47.2 Å². The zero-order valence-electron chi connectivity index (χ0n) is 16.7. The minimum absolute atomic E-state index is 0.0449. The fraction of sp³-hybridized carbons (Fsp3) is 0.524. The van der Waals surface area contributed by atoms with Gasteiger partial charge in [-0.25, -0.2) is 0 Å². The first kappa shape index (κ1) is 20.7. The molecule has 3 rings (SSSR count). The Kier molecular flexibility index (Phi) is 6.97. The number of nitrogens with one attached hydrogen (secondary N) is 1. The van der Waals surface area contributed by atoms with Crippen LogP contribution < -0.4 is 5.32 Å². The summed E-state index contributed by atoms with van der Waals surface area (Å²) in [6.45, 7) is 7.00. The lowest BCUT2D eigenvalue weighted by molar-refractivity contribution is 0.0643. The second-order valence-electron chi connectivity index (χ2n) is 7.56. The number of carbonyl (C=O) groups is 1. The summed E-state index contributed by atoms with van der Waals surface area (Å²) in [5.41, 5.74) is 1.25. The van der Waals surface area contributed by atoms with Gasteiger partial charge < -0.3 is 19.5 Å². The number of ether oxygens (including phenoxy) is 1. The lowest BCUT2D eigenvalue weighted by atomic mass is 9.87. The summed E-state index contributed by atoms with van der Waals surface area (Å²) in [7, 11) is 1.63. The normalized spacial score (nSPS) is 17.2. The Labute approximate surface area is 171 Å². The van der Waals surface area contributed by atoms with Crippen molar-refractivity contribution in [3.05, 3.63) is 34.9 Å². The van der Waals surface area contributed by atoms with Gasteiger partial charge in [0, 0.05) is 37.3 Å². The van der Waals surface area contributed by atoms with Crippen LogP contribution in [0.1, 0.15) is 37.0 Å². The summed E-state index contributed by atoms with van der Waals surface area (Å²) < 4.78 is 10.7. The summed E-state index contributed by atoms with van der Waals surface area (Å²) in [6, 6.07) is 7.24. The van der Waals surface area contributed by atoms with Gasteiger partial charge in [0.1, 0.15) is 5.56 Å². The van der Waals surface area contributed by atoms with Crippen molar-refractivity contribution in [2.75, 3.05) is 38.7 Å². The van der Waals surface area contributed by atoms with E-state index in [-0.39, 0.29) is 5.91 Å². The zero-order chi connectivity index (χ0) is 20.1. The third-order valence-corrected chi connectivity index (χ3v) is 5.55. The first-order chi connectivity index (χ1) is 13.5. The molecule has 1 aliphatic heterocycles. The number of nitrogens with zero attached hydrogens (tertiary/aromatic N) is 2. The van der Waals surface area contributed by atoms with E-state index in [2.05, 4.69) is 24.3 Å². The summed E-state index contributed by atoms with van der Waals surface area (Å²) in [6.07, 6.45) is 2.18. The van der Waals surface area contributed by atoms with E-state index in [4.69, 9.17) is 20.9 Å². The van der Waals surface area contributed by atoms with Crippen molar-refractivity contribution in [3.63, 3.8) is 0 Å². The molecule has 152 valence electrons. The summed E-state index contributed by atoms with van der Waals surface area (Å²) in [5.74, 6) is 1.94. The van der Waals surface area contributed by atoms with Crippen molar-refractivity contribution in [1.29, 1.82) is 0 Å². The van der Waals surface area contributed by atoms with Crippen LogP contribution in [0.4, 0.5) is 5.82 Å². The average Bonchev–Trinajstić information content (AvgIpc) is 3.12. The number of methoxy groups -OCH3 is 1. The number of aromatic nitrogens is 1. The fourth-order valence-corrected chi connectivity index (χ4v) is 3.70. The van der Waals surface area contributed by atoms with E-state index >= 15 is 0 Å². The van der Waals surface area contributed by atoms with Crippen molar-refractivity contribution < 1.29 is 14.1 Å². The molecule has 2 heterocycles. The molecule has 1 amide bonds. The van der Waals surface area contributed by atoms with Crippen LogP contribution in [0.5, 0.6) is 0 Å². The van der Waals surface area contributed by atoms with Crippen LogP contribution in [-0.4, -0.2) is 49.3 Å². The van der Waals surface area contributed by atoms with E-state index in [1.54, 1.807) is 19.2 Å². The molecule has 6 nitrogen and oxygen atoms in total. The monoisotopic (exact) mass is 405 g/mol. The molecule has 0 bridgehead atoms. The molecule has 1 fully saturated rings. The Balaban J connectivity index is 1.92. The van der Waals surface area contributed by atoms with Gasteiger partial charge in [-0.15, -0.1) is 0 Å². The number of anilines is 1. The predicted molar refractivity (Wildman–Crippen MR) is 111 cm³/mol. The van der Waals surface area contributed by atoms with Gasteiger partial charge >= 0.3 is 0 Å². The van der Waals surface area contributed by atoms with Gasteiger partial charge in [-0.1, -0.05) is 30.6 Å². The fourth-order valence-electron chi connectivity index (χ4n) is 3.58. The number of piperidine rings is 1. The topological polar surface area (TPSA) is 67.6 Å². The quantitative estimate of drug-likeness (QED) is 0.684. The molecule has 28 heavy (non-hydrogen) atoms. The summed E-state index contributed by atoms with van der Waals surface area (Å²) in [5, 5.41) is 7.93. The number of amides is 1. The molecule has 1 aromatic carbocycles. The largest absolute Gasteiger partial charge is 0.383 e. The number of hydrogen-bond acceptors (Lipinski definition) is 5. The highest BCUT2D eigenvalue weighted by Crippen LogP contribution is 2.33. The number of halogens is 1. The van der Waals surface area contributed by atoms with Gasteiger partial charge in [0.25, 0.3) is 5.91 Å². The van der Waals surface area contributed by atoms with Crippen LogP contribution in [-0.2, 0) is 4.74 Å². The highest BCUT2D eigenvalue weighted by molar-refractivity contribution is 6.30. The Hall–Kier alpha value is -2.05. The lowest BCUT2D eigenvalue weighted by Gasteiger charge is -2.34. The van der Waals surface area contributed by atoms with Gasteiger partial charge in [-0.05, 0) is 48.9 Å². The number of rotatable bonds is 7. The highest BCUT2D eigenvalue weighted by Gasteiger charge is 2.32. The van der Waals surface area contributed by atoms with Gasteiger partial charge in [-0.2, -0.15) is 0 Å². The van der Waals surface area contributed by atoms with Gasteiger partial charge in [0.15, 0.2) is 11.6 Å². The van der Waals surface area contributed by atoms with Crippen LogP contribution in [0.25, 0.3) is 11.3 Å². The molecule has 0 spiro atoms. The molecule has 1 saturated heterocycles. The van der Waals surface area contributed by atoms with Crippen LogP contribution >= 0.6 is 11.6 Å². The Morgan fingerprint density at radius 3 is 2.82 bits per heavy atom. The smallest absolute Gasteiger partial charge is 0.261 e. The van der Waals surface area contributed by atoms with Crippen molar-refractivity contribution in [3.8, 4) is 11.3 Å². The van der Waals surface area contributed by atoms with Crippen molar-refractivity contribution >= 4 is 23.3 Å². The van der Waals surface area contributed by atoms with Gasteiger partial charge in [0.05, 0.1) is 6.61 Å². The standard InChI is InChI=1S/C21H28ClN3O3/c1-14(2)16-5-4-11-25(13-16)21(26)18-19(15-6-8-17(22)9-7-15)28-24-20(18)23-10-12-27-3/h6-9,14,16H,4-5,10-13H2,1-3H3,(H,23,24). The first-order valence-corrected chi connectivity index (χ1v) is 10.2. The number of carbonyl (C=O) groups excluding carboxylic acids is 1. The van der Waals surface area contributed by atoms with Crippen LogP contribution in [0.2, 0.25) is 5.02 Å². The maximum Gasteiger partial charge on any atom is 0.261 e. The van der Waals surface area contributed by atoms with Crippen LogP contribution in [0, 0.1) is 11.8 Å². The molecule has 7 heteroatoms. The van der Waals surface area contributed by atoms with Crippen LogP contribution in [0.15, 0.2) is 28.8 Å². The average molecular weight is 406 g/mol. The molecule has 0 aliphatic carbocycles. The molecule has 1 unspecified atom stereocenters. The molecule has 0 saturated carbocycles. The number of benzene rings is 1. The second-order valence-corrected chi connectivity index (χ2v) is 8.00. The van der Waals surface area contributed by atoms with E-state index < -0.39 is 0 Å². The molecular weight excluding hydrogens is 378 g/mol. The Bertz CT molecular complexity index is 789. The molecule has 1 atom stereocenters. The van der Waals surface area contributed by atoms with Gasteiger partial charge in [0.2, 0.25) is 0 Å². The van der Waals surface area contributed by atoms with Crippen LogP contribution in [0.3, 0.4) is 0 Å². The maximum atomic E-state index is 13.5. The molecular formula is C21H28ClN3O3. The predicted octanol–water partition coefficient (Wildman–Crippen LogP) is 4.56. The number of hydrogen-bond donors (Lipinski definition) is 1. The lowest BCUT2D eigenvalue weighted by Crippen LogP contribution is -2.41. The summed E-state index contributed by atoms with van der Waals surface area (Å²) >= 11 is 6.01. The molecule has 2 aromatic rings. The molecule has 1 N–H and O–H groups in total. The highest BCUT2D eigenvalue weighted by atomic mass is 35.5. The maximum absolute atomic E-state index is 13.5. The number of likely N-dealkylation sites (tertiary alicyclic amines) is 1. The van der Waals surface area contributed by atoms with Crippen molar-refractivity contribution in [2.24, 2.45) is 11.8 Å². The zero-order valence-corrected chi connectivity index (χ0v) is 17.5. The SMILES string of the molecule is COCCNc1noc(-c2ccc(Cl)cc2)c1C(=O)N1CCCC(C(C)C)C1. The molecule has 1 aromatic heterocycles. The minimum atomic E-state index is -0.0449. The van der Waals surface area contributed by atoms with E-state index in [0.717, 1.165) is 31.5 Å². The molecule has 1 aliphatic rings. The molecule has 0 radical (unpaired) electrons. The van der Waals surface area contributed by atoms with E-state index in [1.165, 1.54) is 0 Å².